The van der Waals surface area contributed by atoms with E-state index < -0.39 is 48.9 Å². The molecule has 1 aliphatic rings. The van der Waals surface area contributed by atoms with E-state index in [2.05, 4.69) is 10.2 Å². The van der Waals surface area contributed by atoms with Gasteiger partial charge in [-0.25, -0.2) is 10.7 Å². The number of carboxylic acid groups (broad SMARTS) is 1. The lowest BCUT2D eigenvalue weighted by Gasteiger charge is -2.42. The van der Waals surface area contributed by atoms with E-state index in [9.17, 15) is 14.7 Å². The van der Waals surface area contributed by atoms with Gasteiger partial charge >= 0.3 is 5.97 Å². The Hall–Kier alpha value is -1.26. The molecule has 0 bridgehead atoms. The number of hydrogen-bond donors (Lipinski definition) is 5. The number of carboxylic acids is 1. The second-order valence-electron chi connectivity index (χ2n) is 4.01. The summed E-state index contributed by atoms with van der Waals surface area (Å²) in [5.74, 6) is 0.674. The Balaban J connectivity index is 2.93. The summed E-state index contributed by atoms with van der Waals surface area (Å²) in [6, 6.07) is -0.935. The molecule has 0 saturated carbocycles. The van der Waals surface area contributed by atoms with Crippen molar-refractivity contribution in [1.29, 1.82) is 0 Å². The molecule has 0 spiro atoms. The van der Waals surface area contributed by atoms with Crippen LogP contribution in [0.2, 0.25) is 0 Å². The number of nitrogens with one attached hydrogen (secondary N) is 1. The van der Waals surface area contributed by atoms with Crippen LogP contribution in [0.15, 0.2) is 0 Å². The SMILES string of the molecule is CC(=O)NC1C(O)CC(ON)(C(=O)O)OC1CO. The van der Waals surface area contributed by atoms with Gasteiger partial charge in [0.05, 0.1) is 18.8 Å². The number of carbonyl (C=O) groups excluding carboxylic acids is 1. The van der Waals surface area contributed by atoms with Gasteiger partial charge in [0, 0.05) is 13.3 Å². The summed E-state index contributed by atoms with van der Waals surface area (Å²) in [4.78, 5) is 26.3. The van der Waals surface area contributed by atoms with Gasteiger partial charge < -0.3 is 25.4 Å². The summed E-state index contributed by atoms with van der Waals surface area (Å²) in [7, 11) is 0. The first-order valence-corrected chi connectivity index (χ1v) is 5.21. The van der Waals surface area contributed by atoms with Crippen LogP contribution in [0.4, 0.5) is 0 Å². The highest BCUT2D eigenvalue weighted by atomic mass is 16.8. The van der Waals surface area contributed by atoms with Gasteiger partial charge in [0.15, 0.2) is 0 Å². The third kappa shape index (κ3) is 2.76. The quantitative estimate of drug-likeness (QED) is 0.344. The van der Waals surface area contributed by atoms with Crippen molar-refractivity contribution in [2.45, 2.75) is 37.4 Å². The molecule has 0 aromatic heterocycles. The van der Waals surface area contributed by atoms with Gasteiger partial charge in [0.2, 0.25) is 5.91 Å². The number of ether oxygens (including phenoxy) is 1. The van der Waals surface area contributed by atoms with Crippen molar-refractivity contribution in [3.8, 4) is 0 Å². The minimum absolute atomic E-state index is 0.447. The Labute approximate surface area is 102 Å². The second-order valence-corrected chi connectivity index (χ2v) is 4.01. The first kappa shape index (κ1) is 14.8. The van der Waals surface area contributed by atoms with Crippen LogP contribution in [0, 0.1) is 0 Å². The van der Waals surface area contributed by atoms with Crippen LogP contribution in [0.25, 0.3) is 0 Å². The Morgan fingerprint density at radius 3 is 2.61 bits per heavy atom. The zero-order valence-electron chi connectivity index (χ0n) is 9.70. The number of nitrogens with two attached hydrogens (primary N) is 1. The largest absolute Gasteiger partial charge is 0.477 e. The molecule has 1 rings (SSSR count). The van der Waals surface area contributed by atoms with Crippen LogP contribution in [-0.2, 0) is 19.2 Å². The third-order valence-corrected chi connectivity index (χ3v) is 2.70. The van der Waals surface area contributed by atoms with Crippen molar-refractivity contribution in [3.05, 3.63) is 0 Å². The van der Waals surface area contributed by atoms with Crippen molar-refractivity contribution in [2.24, 2.45) is 5.90 Å². The van der Waals surface area contributed by atoms with Crippen LogP contribution in [-0.4, -0.2) is 57.8 Å². The Morgan fingerprint density at radius 1 is 1.61 bits per heavy atom. The standard InChI is InChI=1S/C9H16N2O7/c1-4(13)11-7-5(14)2-9(18-10,8(15)16)17-6(7)3-12/h5-7,12,14H,2-3,10H2,1H3,(H,11,13)(H,15,16). The fourth-order valence-electron chi connectivity index (χ4n) is 1.85. The highest BCUT2D eigenvalue weighted by Crippen LogP contribution is 2.30. The normalized spacial score (nSPS) is 36.1. The van der Waals surface area contributed by atoms with Crippen molar-refractivity contribution in [1.82, 2.24) is 5.32 Å². The van der Waals surface area contributed by atoms with E-state index in [1.807, 2.05) is 0 Å². The van der Waals surface area contributed by atoms with Gasteiger partial charge in [-0.15, -0.1) is 0 Å². The van der Waals surface area contributed by atoms with E-state index in [4.69, 9.17) is 20.8 Å². The summed E-state index contributed by atoms with van der Waals surface area (Å²) in [5, 5.41) is 30.3. The number of carbonyl (C=O) groups is 2. The first-order valence-electron chi connectivity index (χ1n) is 5.21. The molecule has 1 fully saturated rings. The first-order chi connectivity index (χ1) is 8.36. The van der Waals surface area contributed by atoms with Crippen LogP contribution in [0.1, 0.15) is 13.3 Å². The summed E-state index contributed by atoms with van der Waals surface area (Å²) in [6.07, 6.45) is -2.89. The fraction of sp³-hybridized carbons (Fsp3) is 0.778. The summed E-state index contributed by atoms with van der Waals surface area (Å²) >= 11 is 0. The van der Waals surface area contributed by atoms with E-state index in [-0.39, 0.29) is 0 Å². The van der Waals surface area contributed by atoms with E-state index in [0.29, 0.717) is 0 Å². The van der Waals surface area contributed by atoms with E-state index in [1.54, 1.807) is 0 Å². The van der Waals surface area contributed by atoms with Crippen molar-refractivity contribution < 1.29 is 34.5 Å². The molecule has 104 valence electrons. The van der Waals surface area contributed by atoms with Gasteiger partial charge in [0.25, 0.3) is 5.79 Å². The highest BCUT2D eigenvalue weighted by molar-refractivity contribution is 5.76. The summed E-state index contributed by atoms with van der Waals surface area (Å²) in [6.45, 7) is 0.611. The van der Waals surface area contributed by atoms with Crippen molar-refractivity contribution in [2.75, 3.05) is 6.61 Å². The number of aliphatic hydroxyl groups excluding tert-OH is 2. The molecule has 9 heteroatoms. The molecular weight excluding hydrogens is 248 g/mol. The van der Waals surface area contributed by atoms with Gasteiger partial charge in [0.1, 0.15) is 6.10 Å². The van der Waals surface area contributed by atoms with Gasteiger partial charge in [-0.3, -0.25) is 9.63 Å². The predicted molar refractivity (Wildman–Crippen MR) is 55.8 cm³/mol. The summed E-state index contributed by atoms with van der Waals surface area (Å²) < 4.78 is 5.05. The number of aliphatic hydroxyl groups is 2. The molecule has 18 heavy (non-hydrogen) atoms. The van der Waals surface area contributed by atoms with Gasteiger partial charge in [-0.2, -0.15) is 0 Å². The zero-order valence-corrected chi connectivity index (χ0v) is 9.70. The number of rotatable bonds is 4. The second kappa shape index (κ2) is 5.59. The minimum atomic E-state index is -2.23. The average molecular weight is 264 g/mol. The molecule has 1 aliphatic heterocycles. The van der Waals surface area contributed by atoms with Gasteiger partial charge in [-0.05, 0) is 0 Å². The molecule has 9 nitrogen and oxygen atoms in total. The molecule has 0 aliphatic carbocycles. The van der Waals surface area contributed by atoms with Crippen LogP contribution < -0.4 is 11.2 Å². The smallest absolute Gasteiger partial charge is 0.366 e. The molecule has 6 N–H and O–H groups in total. The van der Waals surface area contributed by atoms with E-state index in [1.165, 1.54) is 6.92 Å². The van der Waals surface area contributed by atoms with Crippen molar-refractivity contribution >= 4 is 11.9 Å². The van der Waals surface area contributed by atoms with E-state index >= 15 is 0 Å². The molecule has 0 aromatic carbocycles. The Morgan fingerprint density at radius 2 is 2.22 bits per heavy atom. The lowest BCUT2D eigenvalue weighted by atomic mass is 9.93. The lowest BCUT2D eigenvalue weighted by molar-refractivity contribution is -0.300. The maximum Gasteiger partial charge on any atom is 0.366 e. The molecular formula is C9H16N2O7. The number of amides is 1. The highest BCUT2D eigenvalue weighted by Gasteiger charge is 2.53. The molecule has 4 atom stereocenters. The number of aliphatic carboxylic acids is 1. The predicted octanol–water partition coefficient (Wildman–Crippen LogP) is -2.70. The molecule has 4 unspecified atom stereocenters. The van der Waals surface area contributed by atoms with Crippen LogP contribution >= 0.6 is 0 Å². The average Bonchev–Trinajstić information content (AvgIpc) is 2.30. The third-order valence-electron chi connectivity index (χ3n) is 2.70. The lowest BCUT2D eigenvalue weighted by Crippen LogP contribution is -2.65. The van der Waals surface area contributed by atoms with E-state index in [0.717, 1.165) is 0 Å². The maximum atomic E-state index is 11.0. The van der Waals surface area contributed by atoms with Crippen LogP contribution in [0.3, 0.4) is 0 Å². The zero-order chi connectivity index (χ0) is 13.9. The van der Waals surface area contributed by atoms with Crippen LogP contribution in [0.5, 0.6) is 0 Å². The Bertz CT molecular complexity index is 337. The topological polar surface area (TPSA) is 151 Å². The summed E-state index contributed by atoms with van der Waals surface area (Å²) in [5.41, 5.74) is 0. The Kier molecular flexibility index (Phi) is 4.59. The molecule has 0 radical (unpaired) electrons. The van der Waals surface area contributed by atoms with Crippen molar-refractivity contribution in [3.63, 3.8) is 0 Å². The van der Waals surface area contributed by atoms with Gasteiger partial charge in [-0.1, -0.05) is 0 Å². The maximum absolute atomic E-state index is 11.0. The molecule has 1 amide bonds. The monoisotopic (exact) mass is 264 g/mol. The fourth-order valence-corrected chi connectivity index (χ4v) is 1.85. The molecule has 1 saturated heterocycles. The molecule has 1 heterocycles. The number of hydrogen-bond acceptors (Lipinski definition) is 7. The minimum Gasteiger partial charge on any atom is -0.477 e. The molecule has 0 aromatic rings.